The SMILES string of the molecule is CCOc1ccc(NC(=O)C[n+]2ccc3c(c2)CCCC3)cc1. The first-order valence-electron chi connectivity index (χ1n) is 8.28. The monoisotopic (exact) mass is 311 g/mol. The number of benzene rings is 1. The maximum absolute atomic E-state index is 12.2. The van der Waals surface area contributed by atoms with Crippen LogP contribution in [-0.2, 0) is 24.2 Å². The quantitative estimate of drug-likeness (QED) is 0.863. The van der Waals surface area contributed by atoms with Gasteiger partial charge in [0, 0.05) is 17.3 Å². The van der Waals surface area contributed by atoms with Crippen molar-refractivity contribution in [1.29, 1.82) is 0 Å². The second-order valence-electron chi connectivity index (χ2n) is 5.88. The van der Waals surface area contributed by atoms with Crippen LogP contribution in [0.4, 0.5) is 5.69 Å². The molecule has 1 aromatic heterocycles. The highest BCUT2D eigenvalue weighted by Gasteiger charge is 2.15. The minimum Gasteiger partial charge on any atom is -0.494 e. The number of amides is 1. The number of rotatable bonds is 5. The summed E-state index contributed by atoms with van der Waals surface area (Å²) in [7, 11) is 0. The van der Waals surface area contributed by atoms with Crippen LogP contribution in [0, 0.1) is 0 Å². The van der Waals surface area contributed by atoms with E-state index >= 15 is 0 Å². The molecule has 4 nitrogen and oxygen atoms in total. The molecule has 3 rings (SSSR count). The van der Waals surface area contributed by atoms with Crippen molar-refractivity contribution >= 4 is 11.6 Å². The Balaban J connectivity index is 1.60. The third-order valence-electron chi connectivity index (χ3n) is 4.12. The molecule has 1 aromatic carbocycles. The molecular formula is C19H23N2O2+. The van der Waals surface area contributed by atoms with Gasteiger partial charge >= 0.3 is 0 Å². The van der Waals surface area contributed by atoms with E-state index in [1.54, 1.807) is 0 Å². The van der Waals surface area contributed by atoms with Crippen LogP contribution >= 0.6 is 0 Å². The number of aryl methyl sites for hydroxylation is 2. The van der Waals surface area contributed by atoms with Crippen molar-refractivity contribution < 1.29 is 14.1 Å². The molecule has 1 aliphatic rings. The molecule has 4 heteroatoms. The number of aromatic nitrogens is 1. The molecule has 0 radical (unpaired) electrons. The third-order valence-corrected chi connectivity index (χ3v) is 4.12. The van der Waals surface area contributed by atoms with Crippen molar-refractivity contribution in [2.45, 2.75) is 39.2 Å². The van der Waals surface area contributed by atoms with Crippen LogP contribution in [-0.4, -0.2) is 12.5 Å². The molecule has 0 fully saturated rings. The first-order chi connectivity index (χ1) is 11.2. The summed E-state index contributed by atoms with van der Waals surface area (Å²) in [5.41, 5.74) is 3.60. The van der Waals surface area contributed by atoms with Crippen LogP contribution in [0.15, 0.2) is 42.7 Å². The zero-order valence-corrected chi connectivity index (χ0v) is 13.5. The van der Waals surface area contributed by atoms with Gasteiger partial charge in [-0.2, -0.15) is 4.57 Å². The number of nitrogens with zero attached hydrogens (tertiary/aromatic N) is 1. The molecular weight excluding hydrogens is 288 g/mol. The van der Waals surface area contributed by atoms with Gasteiger partial charge < -0.3 is 10.1 Å². The van der Waals surface area contributed by atoms with Gasteiger partial charge in [-0.3, -0.25) is 4.79 Å². The smallest absolute Gasteiger partial charge is 0.290 e. The van der Waals surface area contributed by atoms with Gasteiger partial charge in [0.2, 0.25) is 6.54 Å². The van der Waals surface area contributed by atoms with Crippen molar-refractivity contribution in [2.24, 2.45) is 0 Å². The van der Waals surface area contributed by atoms with E-state index < -0.39 is 0 Å². The Morgan fingerprint density at radius 2 is 1.87 bits per heavy atom. The number of anilines is 1. The lowest BCUT2D eigenvalue weighted by molar-refractivity contribution is -0.684. The fraction of sp³-hybridized carbons (Fsp3) is 0.368. The van der Waals surface area contributed by atoms with E-state index in [0.717, 1.165) is 24.3 Å². The second-order valence-corrected chi connectivity index (χ2v) is 5.88. The largest absolute Gasteiger partial charge is 0.494 e. The Kier molecular flexibility index (Phi) is 4.91. The van der Waals surface area contributed by atoms with E-state index in [9.17, 15) is 4.79 Å². The second kappa shape index (κ2) is 7.27. The molecule has 2 aromatic rings. The normalized spacial score (nSPS) is 13.3. The zero-order chi connectivity index (χ0) is 16.1. The summed E-state index contributed by atoms with van der Waals surface area (Å²) in [6, 6.07) is 9.61. The fourth-order valence-corrected chi connectivity index (χ4v) is 2.98. The number of hydrogen-bond donors (Lipinski definition) is 1. The lowest BCUT2D eigenvalue weighted by atomic mass is 9.93. The molecule has 0 bridgehead atoms. The van der Waals surface area contributed by atoms with E-state index in [-0.39, 0.29) is 5.91 Å². The molecule has 0 saturated carbocycles. The highest BCUT2D eigenvalue weighted by atomic mass is 16.5. The Labute approximate surface area is 137 Å². The van der Waals surface area contributed by atoms with E-state index in [4.69, 9.17) is 4.74 Å². The summed E-state index contributed by atoms with van der Waals surface area (Å²) in [5, 5.41) is 2.92. The molecule has 0 unspecified atom stereocenters. The summed E-state index contributed by atoms with van der Waals surface area (Å²) < 4.78 is 7.36. The van der Waals surface area contributed by atoms with Crippen LogP contribution in [0.5, 0.6) is 5.75 Å². The summed E-state index contributed by atoms with van der Waals surface area (Å²) in [4.78, 5) is 12.2. The van der Waals surface area contributed by atoms with Crippen molar-refractivity contribution in [1.82, 2.24) is 0 Å². The topological polar surface area (TPSA) is 42.2 Å². The summed E-state index contributed by atoms with van der Waals surface area (Å²) in [6.45, 7) is 2.92. The number of nitrogens with one attached hydrogen (secondary N) is 1. The number of carbonyl (C=O) groups excluding carboxylic acids is 1. The zero-order valence-electron chi connectivity index (χ0n) is 13.5. The van der Waals surface area contributed by atoms with E-state index in [2.05, 4.69) is 17.6 Å². The van der Waals surface area contributed by atoms with Gasteiger partial charge in [-0.25, -0.2) is 0 Å². The van der Waals surface area contributed by atoms with Gasteiger partial charge in [0.15, 0.2) is 12.4 Å². The molecule has 1 heterocycles. The lowest BCUT2D eigenvalue weighted by Crippen LogP contribution is -2.40. The van der Waals surface area contributed by atoms with E-state index in [1.807, 2.05) is 42.0 Å². The van der Waals surface area contributed by atoms with E-state index in [0.29, 0.717) is 13.2 Å². The Morgan fingerprint density at radius 1 is 1.13 bits per heavy atom. The van der Waals surface area contributed by atoms with Crippen molar-refractivity contribution in [3.8, 4) is 5.75 Å². The van der Waals surface area contributed by atoms with Gasteiger partial charge in [0.25, 0.3) is 5.91 Å². The first-order valence-corrected chi connectivity index (χ1v) is 8.28. The van der Waals surface area contributed by atoms with Crippen LogP contribution in [0.3, 0.4) is 0 Å². The molecule has 120 valence electrons. The van der Waals surface area contributed by atoms with Gasteiger partial charge in [0.1, 0.15) is 5.75 Å². The van der Waals surface area contributed by atoms with Crippen molar-refractivity contribution in [3.05, 3.63) is 53.9 Å². The Hall–Kier alpha value is -2.36. The summed E-state index contributed by atoms with van der Waals surface area (Å²) >= 11 is 0. The van der Waals surface area contributed by atoms with Gasteiger partial charge in [-0.05, 0) is 62.4 Å². The maximum Gasteiger partial charge on any atom is 0.290 e. The molecule has 1 aliphatic carbocycles. The van der Waals surface area contributed by atoms with Crippen LogP contribution in [0.2, 0.25) is 0 Å². The predicted octanol–water partition coefficient (Wildman–Crippen LogP) is 2.89. The van der Waals surface area contributed by atoms with Crippen LogP contribution in [0.1, 0.15) is 30.9 Å². The molecule has 0 atom stereocenters. The highest BCUT2D eigenvalue weighted by Crippen LogP contribution is 2.19. The lowest BCUT2D eigenvalue weighted by Gasteiger charge is -2.13. The number of fused-ring (bicyclic) bond motifs is 1. The molecule has 0 spiro atoms. The number of ether oxygens (including phenoxy) is 1. The minimum absolute atomic E-state index is 0.0186. The number of pyridine rings is 1. The average Bonchev–Trinajstić information content (AvgIpc) is 2.57. The summed E-state index contributed by atoms with van der Waals surface area (Å²) in [5.74, 6) is 0.796. The summed E-state index contributed by atoms with van der Waals surface area (Å²) in [6.07, 6.45) is 8.92. The predicted molar refractivity (Wildman–Crippen MR) is 89.5 cm³/mol. The van der Waals surface area contributed by atoms with Gasteiger partial charge in [-0.15, -0.1) is 0 Å². The van der Waals surface area contributed by atoms with Gasteiger partial charge in [0.05, 0.1) is 6.61 Å². The fourth-order valence-electron chi connectivity index (χ4n) is 2.98. The number of carbonyl (C=O) groups is 1. The van der Waals surface area contributed by atoms with Crippen molar-refractivity contribution in [2.75, 3.05) is 11.9 Å². The Bertz CT molecular complexity index is 680. The molecule has 0 aliphatic heterocycles. The first kappa shape index (κ1) is 15.5. The Morgan fingerprint density at radius 3 is 2.61 bits per heavy atom. The third kappa shape index (κ3) is 4.09. The van der Waals surface area contributed by atoms with Crippen LogP contribution in [0.25, 0.3) is 0 Å². The standard InChI is InChI=1S/C19H22N2O2/c1-2-23-18-9-7-17(8-10-18)20-19(22)14-21-12-11-15-5-3-4-6-16(15)13-21/h7-13H,2-6,14H2,1H3/p+1. The molecule has 23 heavy (non-hydrogen) atoms. The van der Waals surface area contributed by atoms with Crippen molar-refractivity contribution in [3.63, 3.8) is 0 Å². The van der Waals surface area contributed by atoms with Crippen LogP contribution < -0.4 is 14.6 Å². The molecule has 1 amide bonds. The van der Waals surface area contributed by atoms with Gasteiger partial charge in [-0.1, -0.05) is 0 Å². The maximum atomic E-state index is 12.2. The van der Waals surface area contributed by atoms with E-state index in [1.165, 1.54) is 24.0 Å². The highest BCUT2D eigenvalue weighted by molar-refractivity contribution is 5.89. The minimum atomic E-state index is -0.0186. The molecule has 0 saturated heterocycles. The average molecular weight is 311 g/mol. The molecule has 1 N–H and O–H groups in total. The number of hydrogen-bond acceptors (Lipinski definition) is 2.